The van der Waals surface area contributed by atoms with E-state index in [9.17, 15) is 13.2 Å². The molecule has 1 aliphatic rings. The second-order valence-corrected chi connectivity index (χ2v) is 5.98. The molecule has 1 saturated carbocycles. The van der Waals surface area contributed by atoms with Crippen molar-refractivity contribution in [1.29, 1.82) is 0 Å². The van der Waals surface area contributed by atoms with Crippen LogP contribution in [-0.2, 0) is 19.6 Å². The van der Waals surface area contributed by atoms with Crippen LogP contribution in [0.4, 0.5) is 0 Å². The Hall–Kier alpha value is -1.40. The maximum absolute atomic E-state index is 11.8. The summed E-state index contributed by atoms with van der Waals surface area (Å²) in [6, 6.07) is 7.77. The van der Waals surface area contributed by atoms with Crippen LogP contribution >= 0.6 is 0 Å². The fourth-order valence-electron chi connectivity index (χ4n) is 1.44. The average Bonchev–Trinajstić information content (AvgIpc) is 3.13. The summed E-state index contributed by atoms with van der Waals surface area (Å²) in [6.45, 7) is 0.307. The summed E-state index contributed by atoms with van der Waals surface area (Å²) in [5.41, 5.74) is 0. The number of hydrogen-bond acceptors (Lipinski definition) is 4. The molecule has 1 aromatic rings. The molecular weight excluding hydrogens is 254 g/mol. The highest BCUT2D eigenvalue weighted by Crippen LogP contribution is 2.28. The lowest BCUT2D eigenvalue weighted by Crippen LogP contribution is -2.33. The maximum Gasteiger partial charge on any atom is 0.264 e. The minimum Gasteiger partial charge on any atom is -0.371 e. The Labute approximate surface area is 106 Å². The van der Waals surface area contributed by atoms with Crippen LogP contribution in [-0.4, -0.2) is 27.5 Å². The van der Waals surface area contributed by atoms with Crippen molar-refractivity contribution in [3.8, 4) is 0 Å². The summed E-state index contributed by atoms with van der Waals surface area (Å²) in [7, 11) is -3.77. The van der Waals surface area contributed by atoms with Crippen molar-refractivity contribution in [3.63, 3.8) is 0 Å². The molecule has 1 amide bonds. The maximum atomic E-state index is 11.8. The van der Waals surface area contributed by atoms with Gasteiger partial charge in [0.2, 0.25) is 0 Å². The zero-order valence-electron chi connectivity index (χ0n) is 9.83. The standard InChI is InChI=1S/C12H15NO4S/c14-12(9-17-8-10-6-7-10)13-18(15,16)11-4-2-1-3-5-11/h1-5,10H,6-9H2,(H,13,14). The monoisotopic (exact) mass is 269 g/mol. The van der Waals surface area contributed by atoms with Gasteiger partial charge in [-0.15, -0.1) is 0 Å². The predicted octanol–water partition coefficient (Wildman–Crippen LogP) is 0.918. The number of rotatable bonds is 6. The normalized spacial score (nSPS) is 15.3. The molecule has 1 aliphatic carbocycles. The highest BCUT2D eigenvalue weighted by atomic mass is 32.2. The molecule has 0 radical (unpaired) electrons. The van der Waals surface area contributed by atoms with Crippen LogP contribution in [0.3, 0.4) is 0 Å². The highest BCUT2D eigenvalue weighted by molar-refractivity contribution is 7.90. The number of sulfonamides is 1. The van der Waals surface area contributed by atoms with E-state index in [0.717, 1.165) is 12.8 Å². The van der Waals surface area contributed by atoms with Gasteiger partial charge in [0.25, 0.3) is 15.9 Å². The van der Waals surface area contributed by atoms with Gasteiger partial charge < -0.3 is 4.74 Å². The summed E-state index contributed by atoms with van der Waals surface area (Å²) in [5, 5.41) is 0. The van der Waals surface area contributed by atoms with Crippen molar-refractivity contribution in [3.05, 3.63) is 30.3 Å². The summed E-state index contributed by atoms with van der Waals surface area (Å²) in [5.74, 6) is -0.0944. The van der Waals surface area contributed by atoms with E-state index in [4.69, 9.17) is 4.74 Å². The second kappa shape index (κ2) is 5.49. The van der Waals surface area contributed by atoms with Gasteiger partial charge in [-0.2, -0.15) is 0 Å². The Morgan fingerprint density at radius 2 is 1.94 bits per heavy atom. The van der Waals surface area contributed by atoms with E-state index in [2.05, 4.69) is 0 Å². The van der Waals surface area contributed by atoms with Gasteiger partial charge in [0, 0.05) is 0 Å². The van der Waals surface area contributed by atoms with E-state index in [0.29, 0.717) is 12.5 Å². The van der Waals surface area contributed by atoms with Crippen molar-refractivity contribution >= 4 is 15.9 Å². The Bertz CT molecular complexity index is 508. The Morgan fingerprint density at radius 3 is 2.56 bits per heavy atom. The lowest BCUT2D eigenvalue weighted by molar-refractivity contribution is -0.124. The van der Waals surface area contributed by atoms with Crippen LogP contribution in [0.2, 0.25) is 0 Å². The molecular formula is C12H15NO4S. The van der Waals surface area contributed by atoms with Crippen LogP contribution in [0.25, 0.3) is 0 Å². The molecule has 0 saturated heterocycles. The number of carbonyl (C=O) groups is 1. The summed E-state index contributed by atoms with van der Waals surface area (Å²) < 4.78 is 30.6. The molecule has 5 nitrogen and oxygen atoms in total. The number of carbonyl (C=O) groups excluding carboxylic acids is 1. The van der Waals surface area contributed by atoms with Crippen LogP contribution in [0.15, 0.2) is 35.2 Å². The predicted molar refractivity (Wildman–Crippen MR) is 65.3 cm³/mol. The third-order valence-corrected chi connectivity index (χ3v) is 3.97. The third kappa shape index (κ3) is 3.82. The van der Waals surface area contributed by atoms with E-state index < -0.39 is 15.9 Å². The zero-order chi connectivity index (χ0) is 13.0. The minimum absolute atomic E-state index is 0.0699. The number of amides is 1. The Balaban J connectivity index is 1.85. The van der Waals surface area contributed by atoms with E-state index in [-0.39, 0.29) is 11.5 Å². The number of ether oxygens (including phenoxy) is 1. The summed E-state index contributed by atoms with van der Waals surface area (Å²) in [6.07, 6.45) is 2.26. The SMILES string of the molecule is O=C(COCC1CC1)NS(=O)(=O)c1ccccc1. The number of nitrogens with one attached hydrogen (secondary N) is 1. The highest BCUT2D eigenvalue weighted by Gasteiger charge is 2.22. The first-order valence-electron chi connectivity index (χ1n) is 5.76. The van der Waals surface area contributed by atoms with E-state index in [1.165, 1.54) is 12.1 Å². The first-order valence-corrected chi connectivity index (χ1v) is 7.25. The average molecular weight is 269 g/mol. The van der Waals surface area contributed by atoms with Crippen LogP contribution in [0.1, 0.15) is 12.8 Å². The molecule has 6 heteroatoms. The van der Waals surface area contributed by atoms with E-state index in [1.54, 1.807) is 18.2 Å². The number of hydrogen-bond donors (Lipinski definition) is 1. The smallest absolute Gasteiger partial charge is 0.264 e. The number of benzene rings is 1. The van der Waals surface area contributed by atoms with Crippen LogP contribution in [0, 0.1) is 5.92 Å². The van der Waals surface area contributed by atoms with Crippen molar-refractivity contribution in [1.82, 2.24) is 4.72 Å². The first kappa shape index (κ1) is 13.0. The molecule has 1 N–H and O–H groups in total. The second-order valence-electron chi connectivity index (χ2n) is 4.30. The first-order chi connectivity index (χ1) is 8.58. The molecule has 2 rings (SSSR count). The van der Waals surface area contributed by atoms with Gasteiger partial charge in [-0.1, -0.05) is 18.2 Å². The molecule has 0 bridgehead atoms. The molecule has 0 aromatic heterocycles. The van der Waals surface area contributed by atoms with E-state index >= 15 is 0 Å². The van der Waals surface area contributed by atoms with Gasteiger partial charge in [0.05, 0.1) is 11.5 Å². The van der Waals surface area contributed by atoms with Crippen molar-refractivity contribution < 1.29 is 17.9 Å². The summed E-state index contributed by atoms with van der Waals surface area (Å²) >= 11 is 0. The topological polar surface area (TPSA) is 72.5 Å². The molecule has 1 fully saturated rings. The lowest BCUT2D eigenvalue weighted by atomic mass is 10.4. The molecule has 0 spiro atoms. The molecule has 98 valence electrons. The molecule has 0 aliphatic heterocycles. The molecule has 0 atom stereocenters. The van der Waals surface area contributed by atoms with Gasteiger partial charge in [-0.25, -0.2) is 13.1 Å². The molecule has 0 unspecified atom stereocenters. The van der Waals surface area contributed by atoms with E-state index in [1.807, 2.05) is 4.72 Å². The third-order valence-electron chi connectivity index (χ3n) is 2.59. The van der Waals surface area contributed by atoms with Crippen LogP contribution in [0.5, 0.6) is 0 Å². The molecule has 18 heavy (non-hydrogen) atoms. The largest absolute Gasteiger partial charge is 0.371 e. The molecule has 0 heterocycles. The quantitative estimate of drug-likeness (QED) is 0.833. The molecule has 1 aromatic carbocycles. The zero-order valence-corrected chi connectivity index (χ0v) is 10.7. The van der Waals surface area contributed by atoms with Gasteiger partial charge >= 0.3 is 0 Å². The fraction of sp³-hybridized carbons (Fsp3) is 0.417. The van der Waals surface area contributed by atoms with Crippen LogP contribution < -0.4 is 4.72 Å². The van der Waals surface area contributed by atoms with Gasteiger partial charge in [0.1, 0.15) is 6.61 Å². The van der Waals surface area contributed by atoms with Gasteiger partial charge in [-0.05, 0) is 30.9 Å². The Kier molecular flexibility index (Phi) is 3.98. The van der Waals surface area contributed by atoms with Gasteiger partial charge in [0.15, 0.2) is 0 Å². The lowest BCUT2D eigenvalue weighted by Gasteiger charge is -2.07. The fourth-order valence-corrected chi connectivity index (χ4v) is 2.43. The summed E-state index contributed by atoms with van der Waals surface area (Å²) in [4.78, 5) is 11.5. The van der Waals surface area contributed by atoms with Crippen molar-refractivity contribution in [2.45, 2.75) is 17.7 Å². The van der Waals surface area contributed by atoms with Gasteiger partial charge in [-0.3, -0.25) is 4.79 Å². The van der Waals surface area contributed by atoms with Crippen molar-refractivity contribution in [2.24, 2.45) is 5.92 Å². The minimum atomic E-state index is -3.77. The van der Waals surface area contributed by atoms with Crippen molar-refractivity contribution in [2.75, 3.05) is 13.2 Å². The Morgan fingerprint density at radius 1 is 1.28 bits per heavy atom.